The Bertz CT molecular complexity index is 892. The maximum absolute atomic E-state index is 12.6. The summed E-state index contributed by atoms with van der Waals surface area (Å²) >= 11 is 1.02. The molecule has 0 fully saturated rings. The number of fused-ring (bicyclic) bond motifs is 1. The molecule has 0 aliphatic carbocycles. The van der Waals surface area contributed by atoms with Crippen LogP contribution in [0.25, 0.3) is 11.0 Å². The molecule has 0 spiro atoms. The summed E-state index contributed by atoms with van der Waals surface area (Å²) in [4.78, 5) is 0.190. The normalized spacial score (nSPS) is 13.3. The predicted molar refractivity (Wildman–Crippen MR) is 92.0 cm³/mol. The van der Waals surface area contributed by atoms with Crippen molar-refractivity contribution >= 4 is 32.8 Å². The van der Waals surface area contributed by atoms with Gasteiger partial charge in [-0.05, 0) is 37.5 Å². The maximum atomic E-state index is 12.6. The topological polar surface area (TPSA) is 72.0 Å². The summed E-state index contributed by atoms with van der Waals surface area (Å²) in [6.07, 6.45) is 1.56. The van der Waals surface area contributed by atoms with E-state index in [2.05, 4.69) is 13.5 Å². The van der Waals surface area contributed by atoms with E-state index < -0.39 is 10.0 Å². The molecule has 1 unspecified atom stereocenters. The molecule has 0 bridgehead atoms. The van der Waals surface area contributed by atoms with Gasteiger partial charge in [0.2, 0.25) is 10.0 Å². The lowest BCUT2D eigenvalue weighted by molar-refractivity contribution is 0.547. The fourth-order valence-electron chi connectivity index (χ4n) is 2.41. The van der Waals surface area contributed by atoms with E-state index in [-0.39, 0.29) is 10.9 Å². The Morgan fingerprint density at radius 1 is 1.09 bits per heavy atom. The van der Waals surface area contributed by atoms with Crippen LogP contribution in [-0.4, -0.2) is 23.2 Å². The Morgan fingerprint density at radius 2 is 1.87 bits per heavy atom. The first kappa shape index (κ1) is 16.0. The number of rotatable bonds is 6. The van der Waals surface area contributed by atoms with Crippen LogP contribution in [0.15, 0.2) is 53.4 Å². The van der Waals surface area contributed by atoms with Gasteiger partial charge in [-0.1, -0.05) is 36.4 Å². The smallest absolute Gasteiger partial charge is 0.208 e. The van der Waals surface area contributed by atoms with Crippen LogP contribution in [-0.2, 0) is 16.4 Å². The first-order valence-corrected chi connectivity index (χ1v) is 9.55. The van der Waals surface area contributed by atoms with Gasteiger partial charge in [0.1, 0.15) is 15.9 Å². The van der Waals surface area contributed by atoms with Crippen LogP contribution in [0.5, 0.6) is 0 Å². The number of hydrogen-bond acceptors (Lipinski definition) is 5. The molecule has 1 atom stereocenters. The van der Waals surface area contributed by atoms with Crippen molar-refractivity contribution in [1.29, 1.82) is 0 Å². The third-order valence-electron chi connectivity index (χ3n) is 3.60. The average molecular weight is 347 g/mol. The third kappa shape index (κ3) is 3.74. The molecule has 0 saturated heterocycles. The molecule has 0 amide bonds. The zero-order chi connectivity index (χ0) is 16.3. The zero-order valence-electron chi connectivity index (χ0n) is 12.6. The summed E-state index contributed by atoms with van der Waals surface area (Å²) in [6, 6.07) is 14.9. The largest absolute Gasteiger partial charge is 0.243 e. The molecular formula is C16H17N3O2S2. The van der Waals surface area contributed by atoms with Crippen molar-refractivity contribution in [2.45, 2.75) is 30.7 Å². The number of hydrogen-bond donors (Lipinski definition) is 1. The van der Waals surface area contributed by atoms with Crippen molar-refractivity contribution in [3.8, 4) is 0 Å². The summed E-state index contributed by atoms with van der Waals surface area (Å²) in [7, 11) is -3.61. The molecule has 1 heterocycles. The number of aromatic nitrogens is 2. The predicted octanol–water partition coefficient (Wildman–Crippen LogP) is 2.99. The zero-order valence-corrected chi connectivity index (χ0v) is 14.3. The Hall–Kier alpha value is -1.83. The van der Waals surface area contributed by atoms with E-state index in [0.29, 0.717) is 11.0 Å². The van der Waals surface area contributed by atoms with Gasteiger partial charge in [-0.15, -0.1) is 0 Å². The minimum absolute atomic E-state index is 0.165. The van der Waals surface area contributed by atoms with Crippen LogP contribution in [0.4, 0.5) is 0 Å². The highest BCUT2D eigenvalue weighted by Crippen LogP contribution is 2.21. The molecule has 7 heteroatoms. The second-order valence-electron chi connectivity index (χ2n) is 5.43. The summed E-state index contributed by atoms with van der Waals surface area (Å²) in [5, 5.41) is 0. The quantitative estimate of drug-likeness (QED) is 0.744. The first-order valence-electron chi connectivity index (χ1n) is 7.34. The van der Waals surface area contributed by atoms with E-state index in [9.17, 15) is 8.42 Å². The summed E-state index contributed by atoms with van der Waals surface area (Å²) in [5.74, 6) is 0. The molecule has 3 aromatic rings. The Balaban J connectivity index is 1.72. The minimum Gasteiger partial charge on any atom is -0.208 e. The Labute approximate surface area is 139 Å². The molecule has 120 valence electrons. The van der Waals surface area contributed by atoms with E-state index in [0.717, 1.165) is 24.6 Å². The van der Waals surface area contributed by atoms with E-state index >= 15 is 0 Å². The average Bonchev–Trinajstić information content (AvgIpc) is 3.02. The van der Waals surface area contributed by atoms with Crippen LogP contribution in [0.3, 0.4) is 0 Å². The standard InChI is InChI=1S/C16H17N3O2S2/c1-12(10-11-13-6-3-2-4-7-13)19-23(20,21)15-9-5-8-14-16(15)18-22-17-14/h2-9,12,19H,10-11H2,1H3. The molecule has 1 N–H and O–H groups in total. The highest BCUT2D eigenvalue weighted by atomic mass is 32.2. The number of benzene rings is 2. The maximum Gasteiger partial charge on any atom is 0.243 e. The van der Waals surface area contributed by atoms with E-state index in [1.807, 2.05) is 37.3 Å². The SMILES string of the molecule is CC(CCc1ccccc1)NS(=O)(=O)c1cccc2nsnc12. The molecule has 1 aromatic heterocycles. The van der Waals surface area contributed by atoms with E-state index in [1.54, 1.807) is 18.2 Å². The molecule has 5 nitrogen and oxygen atoms in total. The molecule has 23 heavy (non-hydrogen) atoms. The molecule has 2 aromatic carbocycles. The lowest BCUT2D eigenvalue weighted by Gasteiger charge is -2.14. The lowest BCUT2D eigenvalue weighted by atomic mass is 10.1. The number of sulfonamides is 1. The second kappa shape index (κ2) is 6.74. The van der Waals surface area contributed by atoms with Crippen molar-refractivity contribution in [3.05, 3.63) is 54.1 Å². The third-order valence-corrected chi connectivity index (χ3v) is 5.77. The summed E-state index contributed by atoms with van der Waals surface area (Å²) in [5.41, 5.74) is 2.24. The summed E-state index contributed by atoms with van der Waals surface area (Å²) < 4.78 is 36.1. The molecular weight excluding hydrogens is 330 g/mol. The van der Waals surface area contributed by atoms with Gasteiger partial charge in [0, 0.05) is 6.04 Å². The van der Waals surface area contributed by atoms with Gasteiger partial charge in [0.15, 0.2) is 0 Å². The second-order valence-corrected chi connectivity index (χ2v) is 7.65. The molecule has 0 aliphatic rings. The highest BCUT2D eigenvalue weighted by Gasteiger charge is 2.21. The fraction of sp³-hybridized carbons (Fsp3) is 0.250. The van der Waals surface area contributed by atoms with Crippen molar-refractivity contribution in [1.82, 2.24) is 13.5 Å². The van der Waals surface area contributed by atoms with Crippen molar-refractivity contribution < 1.29 is 8.42 Å². The monoisotopic (exact) mass is 347 g/mol. The Kier molecular flexibility index (Phi) is 4.70. The summed E-state index contributed by atoms with van der Waals surface area (Å²) in [6.45, 7) is 1.87. The molecule has 0 saturated carbocycles. The highest BCUT2D eigenvalue weighted by molar-refractivity contribution is 7.89. The first-order chi connectivity index (χ1) is 11.1. The van der Waals surface area contributed by atoms with E-state index in [4.69, 9.17) is 0 Å². The van der Waals surface area contributed by atoms with Crippen molar-refractivity contribution in [3.63, 3.8) is 0 Å². The van der Waals surface area contributed by atoms with Crippen LogP contribution in [0, 0.1) is 0 Å². The number of nitrogens with one attached hydrogen (secondary N) is 1. The van der Waals surface area contributed by atoms with Crippen molar-refractivity contribution in [2.75, 3.05) is 0 Å². The van der Waals surface area contributed by atoms with Gasteiger partial charge in [-0.25, -0.2) is 13.1 Å². The molecule has 0 aliphatic heterocycles. The lowest BCUT2D eigenvalue weighted by Crippen LogP contribution is -2.33. The van der Waals surface area contributed by atoms with Crippen LogP contribution in [0.2, 0.25) is 0 Å². The van der Waals surface area contributed by atoms with Crippen LogP contribution in [0.1, 0.15) is 18.9 Å². The molecule has 3 rings (SSSR count). The van der Waals surface area contributed by atoms with Gasteiger partial charge in [-0.2, -0.15) is 8.75 Å². The van der Waals surface area contributed by atoms with Crippen LogP contribution >= 0.6 is 11.7 Å². The number of nitrogens with zero attached hydrogens (tertiary/aromatic N) is 2. The fourth-order valence-corrected chi connectivity index (χ4v) is 4.46. The van der Waals surface area contributed by atoms with Crippen LogP contribution < -0.4 is 4.72 Å². The van der Waals surface area contributed by atoms with Gasteiger partial charge in [-0.3, -0.25) is 0 Å². The molecule has 0 radical (unpaired) electrons. The van der Waals surface area contributed by atoms with Gasteiger partial charge in [0.05, 0.1) is 11.7 Å². The Morgan fingerprint density at radius 3 is 2.65 bits per heavy atom. The van der Waals surface area contributed by atoms with Gasteiger partial charge >= 0.3 is 0 Å². The van der Waals surface area contributed by atoms with Gasteiger partial charge in [0.25, 0.3) is 0 Å². The minimum atomic E-state index is -3.61. The van der Waals surface area contributed by atoms with Gasteiger partial charge < -0.3 is 0 Å². The number of aryl methyl sites for hydroxylation is 1. The van der Waals surface area contributed by atoms with Crippen molar-refractivity contribution in [2.24, 2.45) is 0 Å². The van der Waals surface area contributed by atoms with E-state index in [1.165, 1.54) is 5.56 Å².